The number of aromatic nitrogens is 1. The molecule has 0 aliphatic heterocycles. The van der Waals surface area contributed by atoms with Crippen LogP contribution in [0.5, 0.6) is 0 Å². The van der Waals surface area contributed by atoms with Gasteiger partial charge >= 0.3 is 11.7 Å². The molecule has 0 aliphatic rings. The third-order valence-electron chi connectivity index (χ3n) is 6.08. The molecular formula is C31H25NO4. The molecular weight excluding hydrogens is 450 g/mol. The summed E-state index contributed by atoms with van der Waals surface area (Å²) in [5, 5.41) is 4.50. The third-order valence-corrected chi connectivity index (χ3v) is 6.08. The summed E-state index contributed by atoms with van der Waals surface area (Å²) in [5.74, 6) is -0.600. The molecule has 0 amide bonds. The lowest BCUT2D eigenvalue weighted by atomic mass is 9.92. The van der Waals surface area contributed by atoms with Crippen LogP contribution >= 0.6 is 0 Å². The molecule has 0 fully saturated rings. The van der Waals surface area contributed by atoms with Crippen molar-refractivity contribution >= 4 is 38.6 Å². The molecule has 5 nitrogen and oxygen atoms in total. The first-order valence-corrected chi connectivity index (χ1v) is 11.9. The molecule has 1 N–H and O–H groups in total. The predicted octanol–water partition coefficient (Wildman–Crippen LogP) is 7.16. The number of aromatic amines is 1. The van der Waals surface area contributed by atoms with Gasteiger partial charge in [0.05, 0.1) is 5.52 Å². The van der Waals surface area contributed by atoms with Gasteiger partial charge in [-0.1, -0.05) is 104 Å². The van der Waals surface area contributed by atoms with Crippen molar-refractivity contribution in [2.75, 3.05) is 0 Å². The molecule has 5 aromatic carbocycles. The number of hydrogen-bond acceptors (Lipinski definition) is 4. The van der Waals surface area contributed by atoms with Gasteiger partial charge in [-0.3, -0.25) is 9.78 Å². The fourth-order valence-electron chi connectivity index (χ4n) is 4.36. The van der Waals surface area contributed by atoms with E-state index in [2.05, 4.69) is 53.5 Å². The first-order chi connectivity index (χ1) is 17.6. The smallest absolute Gasteiger partial charge is 0.417 e. The second-order valence-corrected chi connectivity index (χ2v) is 8.37. The number of carbonyl (C=O) groups is 1. The van der Waals surface area contributed by atoms with Crippen LogP contribution in [0, 0.1) is 0 Å². The Morgan fingerprint density at radius 3 is 1.86 bits per heavy atom. The van der Waals surface area contributed by atoms with Crippen molar-refractivity contribution in [2.24, 2.45) is 0 Å². The fraction of sp³-hybridized carbons (Fsp3) is 0.0968. The SMILES string of the molecule is CCC(=O)OC(c1cccc2ccccc12)c1cccc2ccccc12.O=c1[nH]c2ccccc2o1. The topological polar surface area (TPSA) is 72.3 Å². The van der Waals surface area contributed by atoms with E-state index in [1.165, 1.54) is 0 Å². The van der Waals surface area contributed by atoms with Gasteiger partial charge in [-0.15, -0.1) is 0 Å². The maximum atomic E-state index is 12.2. The second-order valence-electron chi connectivity index (χ2n) is 8.37. The van der Waals surface area contributed by atoms with Crippen LogP contribution in [-0.2, 0) is 9.53 Å². The van der Waals surface area contributed by atoms with Crippen molar-refractivity contribution < 1.29 is 13.9 Å². The average Bonchev–Trinajstić information content (AvgIpc) is 3.31. The first-order valence-electron chi connectivity index (χ1n) is 11.9. The minimum atomic E-state index is -0.431. The summed E-state index contributed by atoms with van der Waals surface area (Å²) in [5.41, 5.74) is 3.38. The Balaban J connectivity index is 0.000000222. The largest absolute Gasteiger partial charge is 0.452 e. The van der Waals surface area contributed by atoms with Gasteiger partial charge in [0.2, 0.25) is 0 Å². The van der Waals surface area contributed by atoms with Gasteiger partial charge in [-0.2, -0.15) is 0 Å². The number of oxazole rings is 1. The van der Waals surface area contributed by atoms with Crippen LogP contribution in [-0.4, -0.2) is 11.0 Å². The van der Waals surface area contributed by atoms with Crippen molar-refractivity contribution in [3.8, 4) is 0 Å². The highest BCUT2D eigenvalue weighted by Crippen LogP contribution is 2.35. The zero-order valence-corrected chi connectivity index (χ0v) is 19.8. The van der Waals surface area contributed by atoms with Crippen LogP contribution in [0.3, 0.4) is 0 Å². The molecule has 6 aromatic rings. The highest BCUT2D eigenvalue weighted by atomic mass is 16.5. The number of fused-ring (bicyclic) bond motifs is 3. The van der Waals surface area contributed by atoms with Gasteiger partial charge in [0.15, 0.2) is 11.7 Å². The number of hydrogen-bond donors (Lipinski definition) is 1. The average molecular weight is 476 g/mol. The van der Waals surface area contributed by atoms with Crippen molar-refractivity contribution in [1.82, 2.24) is 4.98 Å². The number of H-pyrrole nitrogens is 1. The van der Waals surface area contributed by atoms with E-state index in [0.717, 1.165) is 38.2 Å². The molecule has 0 bridgehead atoms. The van der Waals surface area contributed by atoms with E-state index in [-0.39, 0.29) is 5.97 Å². The number of rotatable bonds is 4. The van der Waals surface area contributed by atoms with Gasteiger partial charge < -0.3 is 9.15 Å². The highest BCUT2D eigenvalue weighted by molar-refractivity contribution is 5.90. The first kappa shape index (κ1) is 23.1. The molecule has 0 saturated heterocycles. The molecule has 1 aromatic heterocycles. The summed E-state index contributed by atoms with van der Waals surface area (Å²) in [7, 11) is 0. The molecule has 0 spiro atoms. The Bertz CT molecular complexity index is 1590. The van der Waals surface area contributed by atoms with E-state index in [1.807, 2.05) is 55.5 Å². The van der Waals surface area contributed by atoms with Gasteiger partial charge in [-0.05, 0) is 33.7 Å². The predicted molar refractivity (Wildman–Crippen MR) is 143 cm³/mol. The maximum Gasteiger partial charge on any atom is 0.417 e. The van der Waals surface area contributed by atoms with Gasteiger partial charge in [-0.25, -0.2) is 4.79 Å². The summed E-state index contributed by atoms with van der Waals surface area (Å²) >= 11 is 0. The van der Waals surface area contributed by atoms with Crippen molar-refractivity contribution in [1.29, 1.82) is 0 Å². The van der Waals surface area contributed by atoms with Gasteiger partial charge in [0.25, 0.3) is 0 Å². The number of ether oxygens (including phenoxy) is 1. The van der Waals surface area contributed by atoms with Crippen LogP contribution in [0.1, 0.15) is 30.6 Å². The Kier molecular flexibility index (Phi) is 6.63. The van der Waals surface area contributed by atoms with E-state index in [1.54, 1.807) is 12.1 Å². The van der Waals surface area contributed by atoms with E-state index in [4.69, 9.17) is 9.15 Å². The molecule has 0 atom stereocenters. The summed E-state index contributed by atoms with van der Waals surface area (Å²) < 4.78 is 10.7. The Labute approximate surface area is 208 Å². The standard InChI is InChI=1S/C24H20O2.C7H5NO2/c1-2-23(25)26-24(21-15-7-11-17-9-3-5-13-19(17)21)22-16-8-12-18-10-4-6-14-20(18)22;9-7-8-5-3-1-2-4-6(5)10-7/h3-16,24H,2H2,1H3;1-4H,(H,8,9). The normalized spacial score (nSPS) is 10.9. The summed E-state index contributed by atoms with van der Waals surface area (Å²) in [6.45, 7) is 1.82. The van der Waals surface area contributed by atoms with Crippen molar-refractivity contribution in [3.63, 3.8) is 0 Å². The lowest BCUT2D eigenvalue weighted by Crippen LogP contribution is -2.12. The number of nitrogens with one attached hydrogen (secondary N) is 1. The third kappa shape index (κ3) is 4.77. The minimum Gasteiger partial charge on any atom is -0.452 e. The van der Waals surface area contributed by atoms with Crippen molar-refractivity contribution in [2.45, 2.75) is 19.4 Å². The second kappa shape index (κ2) is 10.3. The maximum absolute atomic E-state index is 12.2. The Hall–Kier alpha value is -4.64. The molecule has 178 valence electrons. The monoisotopic (exact) mass is 475 g/mol. The van der Waals surface area contributed by atoms with E-state index >= 15 is 0 Å². The summed E-state index contributed by atoms with van der Waals surface area (Å²) in [6.07, 6.45) is -0.0777. The van der Waals surface area contributed by atoms with Crippen LogP contribution in [0.2, 0.25) is 0 Å². The van der Waals surface area contributed by atoms with Crippen LogP contribution in [0.25, 0.3) is 32.6 Å². The zero-order chi connectivity index (χ0) is 24.9. The molecule has 0 aliphatic carbocycles. The van der Waals surface area contributed by atoms with Crippen LogP contribution in [0.4, 0.5) is 0 Å². The molecule has 6 rings (SSSR count). The lowest BCUT2D eigenvalue weighted by Gasteiger charge is -2.22. The van der Waals surface area contributed by atoms with E-state index < -0.39 is 11.9 Å². The molecule has 0 radical (unpaired) electrons. The highest BCUT2D eigenvalue weighted by Gasteiger charge is 2.22. The van der Waals surface area contributed by atoms with E-state index in [0.29, 0.717) is 12.0 Å². The van der Waals surface area contributed by atoms with Gasteiger partial charge in [0, 0.05) is 17.5 Å². The number of para-hydroxylation sites is 2. The van der Waals surface area contributed by atoms with Crippen LogP contribution in [0.15, 0.2) is 118 Å². The zero-order valence-electron chi connectivity index (χ0n) is 19.8. The fourth-order valence-corrected chi connectivity index (χ4v) is 4.36. The van der Waals surface area contributed by atoms with Crippen molar-refractivity contribution in [3.05, 3.63) is 131 Å². The molecule has 0 unspecified atom stereocenters. The minimum absolute atomic E-state index is 0.198. The Morgan fingerprint density at radius 1 is 0.750 bits per heavy atom. The van der Waals surface area contributed by atoms with Crippen LogP contribution < -0.4 is 5.76 Å². The van der Waals surface area contributed by atoms with E-state index in [9.17, 15) is 9.59 Å². The molecule has 1 heterocycles. The molecule has 36 heavy (non-hydrogen) atoms. The number of carbonyl (C=O) groups excluding carboxylic acids is 1. The molecule has 5 heteroatoms. The Morgan fingerprint density at radius 2 is 1.28 bits per heavy atom. The number of benzene rings is 5. The number of esters is 1. The summed E-state index contributed by atoms with van der Waals surface area (Å²) in [4.78, 5) is 25.3. The lowest BCUT2D eigenvalue weighted by molar-refractivity contribution is -0.147. The van der Waals surface area contributed by atoms with Gasteiger partial charge in [0.1, 0.15) is 0 Å². The quantitative estimate of drug-likeness (QED) is 0.275. The summed E-state index contributed by atoms with van der Waals surface area (Å²) in [6, 6.07) is 35.9. The molecule has 0 saturated carbocycles.